The zero-order valence-corrected chi connectivity index (χ0v) is 14.8. The SMILES string of the molecule is COC(=O)[C@@]12CN(C(=O)Cc3[nH]nc4ccccc34)C[C@@H]1C(C)(C)C2. The van der Waals surface area contributed by atoms with Gasteiger partial charge in [-0.15, -0.1) is 0 Å². The van der Waals surface area contributed by atoms with Crippen LogP contribution in [-0.4, -0.2) is 47.2 Å². The van der Waals surface area contributed by atoms with Crippen molar-refractivity contribution in [1.29, 1.82) is 0 Å². The molecule has 1 aliphatic heterocycles. The first kappa shape index (κ1) is 16.1. The first-order valence-corrected chi connectivity index (χ1v) is 8.65. The van der Waals surface area contributed by atoms with Crippen molar-refractivity contribution in [3.8, 4) is 0 Å². The van der Waals surface area contributed by atoms with Gasteiger partial charge >= 0.3 is 5.97 Å². The van der Waals surface area contributed by atoms with Gasteiger partial charge in [-0.25, -0.2) is 0 Å². The van der Waals surface area contributed by atoms with Crippen molar-refractivity contribution in [1.82, 2.24) is 15.1 Å². The number of nitrogens with zero attached hydrogens (tertiary/aromatic N) is 2. The summed E-state index contributed by atoms with van der Waals surface area (Å²) in [7, 11) is 1.43. The Morgan fingerprint density at radius 2 is 2.12 bits per heavy atom. The number of aromatic nitrogens is 2. The van der Waals surface area contributed by atoms with Gasteiger partial charge < -0.3 is 9.64 Å². The summed E-state index contributed by atoms with van der Waals surface area (Å²) in [6.45, 7) is 5.40. The number of methoxy groups -OCH3 is 1. The van der Waals surface area contributed by atoms with Crippen LogP contribution in [0.5, 0.6) is 0 Å². The standard InChI is InChI=1S/C19H23N3O3/c1-18(2)10-19(17(24)25-3)11-22(9-15(18)19)16(23)8-14-12-6-4-5-7-13(12)20-21-14/h4-7,15H,8-11H2,1-3H3,(H,20,21)/t15-,19+/m1/s1. The molecule has 1 aromatic heterocycles. The fraction of sp³-hybridized carbons (Fsp3) is 0.526. The molecule has 2 fully saturated rings. The molecule has 6 heteroatoms. The average molecular weight is 341 g/mol. The Morgan fingerprint density at radius 3 is 2.84 bits per heavy atom. The molecular weight excluding hydrogens is 318 g/mol. The van der Waals surface area contributed by atoms with Crippen molar-refractivity contribution >= 4 is 22.8 Å². The van der Waals surface area contributed by atoms with Crippen LogP contribution in [0.25, 0.3) is 10.9 Å². The predicted molar refractivity (Wildman–Crippen MR) is 92.7 cm³/mol. The Balaban J connectivity index is 1.55. The number of rotatable bonds is 3. The van der Waals surface area contributed by atoms with Crippen molar-refractivity contribution in [2.24, 2.45) is 16.7 Å². The fourth-order valence-corrected chi connectivity index (χ4v) is 4.97. The lowest BCUT2D eigenvalue weighted by molar-refractivity contribution is -0.174. The van der Waals surface area contributed by atoms with E-state index >= 15 is 0 Å². The summed E-state index contributed by atoms with van der Waals surface area (Å²) in [5.74, 6) is 0.0110. The number of fused-ring (bicyclic) bond motifs is 2. The number of nitrogens with one attached hydrogen (secondary N) is 1. The highest BCUT2D eigenvalue weighted by molar-refractivity contribution is 5.88. The Bertz CT molecular complexity index is 856. The van der Waals surface area contributed by atoms with Gasteiger partial charge in [0.05, 0.1) is 30.2 Å². The number of benzene rings is 1. The minimum Gasteiger partial charge on any atom is -0.469 e. The van der Waals surface area contributed by atoms with E-state index in [1.807, 2.05) is 29.2 Å². The number of H-pyrrole nitrogens is 1. The molecule has 0 bridgehead atoms. The highest BCUT2D eigenvalue weighted by atomic mass is 16.5. The zero-order chi connectivity index (χ0) is 17.8. The van der Waals surface area contributed by atoms with Crippen molar-refractivity contribution in [3.63, 3.8) is 0 Å². The lowest BCUT2D eigenvalue weighted by Crippen LogP contribution is -2.57. The predicted octanol–water partition coefficient (Wildman–Crippen LogP) is 2.15. The van der Waals surface area contributed by atoms with Crippen LogP contribution in [0.3, 0.4) is 0 Å². The number of amides is 1. The second kappa shape index (κ2) is 5.31. The molecule has 1 amide bonds. The van der Waals surface area contributed by atoms with E-state index in [-0.39, 0.29) is 29.6 Å². The molecule has 1 aliphatic carbocycles. The molecule has 0 spiro atoms. The number of esters is 1. The summed E-state index contributed by atoms with van der Waals surface area (Å²) in [6, 6.07) is 7.75. The van der Waals surface area contributed by atoms with Crippen molar-refractivity contribution in [2.45, 2.75) is 26.7 Å². The van der Waals surface area contributed by atoms with Gasteiger partial charge in [0, 0.05) is 18.5 Å². The van der Waals surface area contributed by atoms with Crippen LogP contribution in [-0.2, 0) is 20.7 Å². The Hall–Kier alpha value is -2.37. The number of para-hydroxylation sites is 1. The highest BCUT2D eigenvalue weighted by Gasteiger charge is 2.67. The van der Waals surface area contributed by atoms with E-state index in [4.69, 9.17) is 4.74 Å². The summed E-state index contributed by atoms with van der Waals surface area (Å²) in [5, 5.41) is 8.20. The molecular formula is C19H23N3O3. The summed E-state index contributed by atoms with van der Waals surface area (Å²) < 4.78 is 5.05. The van der Waals surface area contributed by atoms with E-state index in [9.17, 15) is 9.59 Å². The number of likely N-dealkylation sites (tertiary alicyclic amines) is 1. The molecule has 0 unspecified atom stereocenters. The van der Waals surface area contributed by atoms with E-state index < -0.39 is 5.41 Å². The van der Waals surface area contributed by atoms with Gasteiger partial charge in [0.2, 0.25) is 5.91 Å². The first-order valence-electron chi connectivity index (χ1n) is 8.65. The fourth-order valence-electron chi connectivity index (χ4n) is 4.97. The van der Waals surface area contributed by atoms with E-state index in [0.717, 1.165) is 23.0 Å². The quantitative estimate of drug-likeness (QED) is 0.868. The number of carbonyl (C=O) groups excluding carboxylic acids is 2. The van der Waals surface area contributed by atoms with Crippen LogP contribution in [0.4, 0.5) is 0 Å². The normalized spacial score (nSPS) is 27.0. The van der Waals surface area contributed by atoms with Gasteiger partial charge in [-0.2, -0.15) is 5.10 Å². The molecule has 1 saturated heterocycles. The summed E-state index contributed by atoms with van der Waals surface area (Å²) in [6.07, 6.45) is 1.04. The van der Waals surface area contributed by atoms with Crippen molar-refractivity contribution < 1.29 is 14.3 Å². The van der Waals surface area contributed by atoms with E-state index in [2.05, 4.69) is 24.0 Å². The average Bonchev–Trinajstić information content (AvgIpc) is 3.14. The maximum Gasteiger partial charge on any atom is 0.314 e. The Kier molecular flexibility index (Phi) is 3.42. The number of hydrogen-bond acceptors (Lipinski definition) is 4. The Labute approximate surface area is 146 Å². The molecule has 2 aromatic rings. The largest absolute Gasteiger partial charge is 0.469 e. The zero-order valence-electron chi connectivity index (χ0n) is 14.8. The third-order valence-corrected chi connectivity index (χ3v) is 6.07. The minimum atomic E-state index is -0.524. The molecule has 132 valence electrons. The number of hydrogen-bond donors (Lipinski definition) is 1. The molecule has 1 N–H and O–H groups in total. The molecule has 0 radical (unpaired) electrons. The molecule has 2 heterocycles. The topological polar surface area (TPSA) is 75.3 Å². The van der Waals surface area contributed by atoms with Crippen LogP contribution in [0.1, 0.15) is 26.0 Å². The number of ether oxygens (including phenoxy) is 1. The third-order valence-electron chi connectivity index (χ3n) is 6.07. The van der Waals surface area contributed by atoms with Crippen LogP contribution >= 0.6 is 0 Å². The van der Waals surface area contributed by atoms with E-state index in [1.54, 1.807) is 0 Å². The molecule has 25 heavy (non-hydrogen) atoms. The smallest absolute Gasteiger partial charge is 0.314 e. The molecule has 4 rings (SSSR count). The molecule has 2 atom stereocenters. The van der Waals surface area contributed by atoms with Crippen LogP contribution in [0.2, 0.25) is 0 Å². The molecule has 1 saturated carbocycles. The van der Waals surface area contributed by atoms with Gasteiger partial charge in [0.1, 0.15) is 0 Å². The van der Waals surface area contributed by atoms with Gasteiger partial charge in [0.25, 0.3) is 0 Å². The maximum atomic E-state index is 12.9. The highest BCUT2D eigenvalue weighted by Crippen LogP contribution is 2.63. The summed E-state index contributed by atoms with van der Waals surface area (Å²) in [5.41, 5.74) is 1.22. The molecule has 1 aromatic carbocycles. The van der Waals surface area contributed by atoms with Gasteiger partial charge in [0.15, 0.2) is 0 Å². The van der Waals surface area contributed by atoms with E-state index in [1.165, 1.54) is 7.11 Å². The lowest BCUT2D eigenvalue weighted by atomic mass is 9.48. The number of carbonyl (C=O) groups is 2. The van der Waals surface area contributed by atoms with Crippen molar-refractivity contribution in [3.05, 3.63) is 30.0 Å². The lowest BCUT2D eigenvalue weighted by Gasteiger charge is -2.54. The minimum absolute atomic E-state index is 0.0304. The maximum absolute atomic E-state index is 12.9. The summed E-state index contributed by atoms with van der Waals surface area (Å²) >= 11 is 0. The third kappa shape index (κ3) is 2.27. The van der Waals surface area contributed by atoms with Gasteiger partial charge in [-0.05, 0) is 23.8 Å². The second-order valence-electron chi connectivity index (χ2n) is 8.04. The molecule has 6 nitrogen and oxygen atoms in total. The Morgan fingerprint density at radius 1 is 1.36 bits per heavy atom. The van der Waals surface area contributed by atoms with E-state index in [0.29, 0.717) is 13.1 Å². The van der Waals surface area contributed by atoms with Crippen LogP contribution in [0, 0.1) is 16.7 Å². The summed E-state index contributed by atoms with van der Waals surface area (Å²) in [4.78, 5) is 27.1. The molecule has 2 aliphatic rings. The van der Waals surface area contributed by atoms with Gasteiger partial charge in [-0.3, -0.25) is 14.7 Å². The van der Waals surface area contributed by atoms with Crippen LogP contribution in [0.15, 0.2) is 24.3 Å². The van der Waals surface area contributed by atoms with Crippen LogP contribution < -0.4 is 0 Å². The second-order valence-corrected chi connectivity index (χ2v) is 8.04. The van der Waals surface area contributed by atoms with Gasteiger partial charge in [-0.1, -0.05) is 32.0 Å². The number of aromatic amines is 1. The monoisotopic (exact) mass is 341 g/mol. The first-order chi connectivity index (χ1) is 11.9. The van der Waals surface area contributed by atoms with Crippen molar-refractivity contribution in [2.75, 3.05) is 20.2 Å².